The largest absolute Gasteiger partial charge is 0.489 e. The van der Waals surface area contributed by atoms with E-state index in [0.29, 0.717) is 17.9 Å². The van der Waals surface area contributed by atoms with Crippen molar-refractivity contribution in [3.8, 4) is 5.75 Å². The van der Waals surface area contributed by atoms with E-state index >= 15 is 0 Å². The molecule has 0 aliphatic heterocycles. The first-order valence-electron chi connectivity index (χ1n) is 10.5. The Labute approximate surface area is 192 Å². The first kappa shape index (κ1) is 23.5. The van der Waals surface area contributed by atoms with Crippen molar-refractivity contribution in [1.29, 1.82) is 0 Å². The van der Waals surface area contributed by atoms with Gasteiger partial charge in [-0.05, 0) is 35.4 Å². The van der Waals surface area contributed by atoms with Crippen molar-refractivity contribution >= 4 is 17.8 Å². The summed E-state index contributed by atoms with van der Waals surface area (Å²) in [7, 11) is 1.26. The van der Waals surface area contributed by atoms with Gasteiger partial charge in [0.05, 0.1) is 13.7 Å². The normalized spacial score (nSPS) is 11.2. The van der Waals surface area contributed by atoms with Crippen LogP contribution in [-0.4, -0.2) is 37.5 Å². The maximum absolute atomic E-state index is 12.4. The Bertz CT molecular complexity index is 1070. The van der Waals surface area contributed by atoms with Crippen LogP contribution in [0, 0.1) is 0 Å². The van der Waals surface area contributed by atoms with Gasteiger partial charge in [0.2, 0.25) is 5.91 Å². The minimum atomic E-state index is -0.902. The van der Waals surface area contributed by atoms with Crippen LogP contribution < -0.4 is 15.4 Å². The van der Waals surface area contributed by atoms with Crippen molar-refractivity contribution in [3.63, 3.8) is 0 Å². The molecule has 0 heterocycles. The quantitative estimate of drug-likeness (QED) is 0.467. The topological polar surface area (TPSA) is 93.7 Å². The number of esters is 1. The molecule has 3 aromatic rings. The van der Waals surface area contributed by atoms with Crippen molar-refractivity contribution in [2.45, 2.75) is 19.1 Å². The molecular weight excluding hydrogens is 420 g/mol. The van der Waals surface area contributed by atoms with Crippen LogP contribution in [0.3, 0.4) is 0 Å². The Morgan fingerprint density at radius 2 is 1.52 bits per heavy atom. The zero-order valence-corrected chi connectivity index (χ0v) is 18.3. The average molecular weight is 447 g/mol. The lowest BCUT2D eigenvalue weighted by Crippen LogP contribution is -2.47. The number of carbonyl (C=O) groups is 3. The summed E-state index contributed by atoms with van der Waals surface area (Å²) in [5.41, 5.74) is 2.28. The third-order valence-corrected chi connectivity index (χ3v) is 4.85. The zero-order chi connectivity index (χ0) is 23.5. The van der Waals surface area contributed by atoms with Crippen LogP contribution in [0.15, 0.2) is 84.9 Å². The molecule has 7 heteroatoms. The van der Waals surface area contributed by atoms with Crippen LogP contribution in [-0.2, 0) is 27.4 Å². The molecule has 0 bridgehead atoms. The van der Waals surface area contributed by atoms with Crippen LogP contribution >= 0.6 is 0 Å². The Morgan fingerprint density at radius 1 is 0.848 bits per heavy atom. The van der Waals surface area contributed by atoms with Crippen LogP contribution in [0.4, 0.5) is 0 Å². The Morgan fingerprint density at radius 3 is 2.21 bits per heavy atom. The number of hydrogen-bond donors (Lipinski definition) is 2. The maximum atomic E-state index is 12.4. The fourth-order valence-electron chi connectivity index (χ4n) is 3.17. The number of amides is 2. The molecule has 1 atom stereocenters. The van der Waals surface area contributed by atoms with E-state index in [1.54, 1.807) is 30.3 Å². The van der Waals surface area contributed by atoms with Gasteiger partial charge in [-0.3, -0.25) is 9.59 Å². The van der Waals surface area contributed by atoms with E-state index in [9.17, 15) is 14.4 Å². The minimum Gasteiger partial charge on any atom is -0.489 e. The second kappa shape index (κ2) is 12.0. The van der Waals surface area contributed by atoms with Crippen LogP contribution in [0.25, 0.3) is 0 Å². The van der Waals surface area contributed by atoms with Crippen molar-refractivity contribution < 1.29 is 23.9 Å². The van der Waals surface area contributed by atoms with Gasteiger partial charge in [-0.15, -0.1) is 0 Å². The van der Waals surface area contributed by atoms with Gasteiger partial charge in [-0.2, -0.15) is 0 Å². The molecule has 0 aromatic heterocycles. The zero-order valence-electron chi connectivity index (χ0n) is 18.3. The summed E-state index contributed by atoms with van der Waals surface area (Å²) in [5, 5.41) is 5.17. The highest BCUT2D eigenvalue weighted by atomic mass is 16.5. The number of benzene rings is 3. The molecule has 0 spiro atoms. The average Bonchev–Trinajstić information content (AvgIpc) is 2.86. The Kier molecular flexibility index (Phi) is 8.59. The third kappa shape index (κ3) is 7.50. The highest BCUT2D eigenvalue weighted by Crippen LogP contribution is 2.17. The van der Waals surface area contributed by atoms with Gasteiger partial charge in [0.15, 0.2) is 0 Å². The molecule has 0 aliphatic rings. The molecule has 0 saturated heterocycles. The molecule has 0 radical (unpaired) electrons. The maximum Gasteiger partial charge on any atom is 0.328 e. The van der Waals surface area contributed by atoms with Crippen molar-refractivity contribution in [2.24, 2.45) is 0 Å². The molecule has 3 rings (SSSR count). The van der Waals surface area contributed by atoms with Crippen LogP contribution in [0.2, 0.25) is 0 Å². The summed E-state index contributed by atoms with van der Waals surface area (Å²) < 4.78 is 10.7. The van der Waals surface area contributed by atoms with E-state index in [2.05, 4.69) is 10.6 Å². The number of methoxy groups -OCH3 is 1. The molecule has 7 nitrogen and oxygen atoms in total. The Hall–Kier alpha value is -4.13. The van der Waals surface area contributed by atoms with E-state index in [0.717, 1.165) is 11.1 Å². The highest BCUT2D eigenvalue weighted by Gasteiger charge is 2.22. The summed E-state index contributed by atoms with van der Waals surface area (Å²) >= 11 is 0. The molecule has 2 N–H and O–H groups in total. The van der Waals surface area contributed by atoms with Gasteiger partial charge < -0.3 is 20.1 Å². The summed E-state index contributed by atoms with van der Waals surface area (Å²) in [5.74, 6) is -0.787. The Balaban J connectivity index is 1.57. The standard InChI is InChI=1S/C26H26N2O5/c1-32-26(31)23(28-24(29)17-27-25(30)21-12-6-3-7-13-21)16-20-11-8-14-22(15-20)33-18-19-9-4-2-5-10-19/h2-15,23H,16-18H2,1H3,(H,27,30)(H,28,29)/t23-/m0/s1. The number of nitrogens with one attached hydrogen (secondary N) is 2. The van der Waals surface area contributed by atoms with E-state index < -0.39 is 17.9 Å². The van der Waals surface area contributed by atoms with E-state index in [-0.39, 0.29) is 18.9 Å². The van der Waals surface area contributed by atoms with Gasteiger partial charge >= 0.3 is 5.97 Å². The minimum absolute atomic E-state index is 0.216. The van der Waals surface area contributed by atoms with Gasteiger partial charge in [-0.1, -0.05) is 60.7 Å². The van der Waals surface area contributed by atoms with Crippen molar-refractivity contribution in [3.05, 3.63) is 102 Å². The van der Waals surface area contributed by atoms with Gasteiger partial charge in [0.25, 0.3) is 5.91 Å². The summed E-state index contributed by atoms with van der Waals surface area (Å²) in [6, 6.07) is 24.8. The SMILES string of the molecule is COC(=O)[C@H](Cc1cccc(OCc2ccccc2)c1)NC(=O)CNC(=O)c1ccccc1. The molecule has 170 valence electrons. The fraction of sp³-hybridized carbons (Fsp3) is 0.192. The molecule has 0 fully saturated rings. The van der Waals surface area contributed by atoms with E-state index in [4.69, 9.17) is 9.47 Å². The molecule has 2 amide bonds. The van der Waals surface area contributed by atoms with Crippen molar-refractivity contribution in [2.75, 3.05) is 13.7 Å². The fourth-order valence-corrected chi connectivity index (χ4v) is 3.17. The number of carbonyl (C=O) groups excluding carboxylic acids is 3. The molecule has 33 heavy (non-hydrogen) atoms. The monoisotopic (exact) mass is 446 g/mol. The van der Waals surface area contributed by atoms with Gasteiger partial charge in [0.1, 0.15) is 18.4 Å². The predicted molar refractivity (Wildman–Crippen MR) is 124 cm³/mol. The predicted octanol–water partition coefficient (Wildman–Crippen LogP) is 2.90. The lowest BCUT2D eigenvalue weighted by atomic mass is 10.1. The number of hydrogen-bond acceptors (Lipinski definition) is 5. The van der Waals surface area contributed by atoms with Gasteiger partial charge in [-0.25, -0.2) is 4.79 Å². The first-order valence-corrected chi connectivity index (χ1v) is 10.5. The molecule has 0 aliphatic carbocycles. The second-order valence-electron chi connectivity index (χ2n) is 7.32. The van der Waals surface area contributed by atoms with E-state index in [1.165, 1.54) is 7.11 Å². The van der Waals surface area contributed by atoms with Gasteiger partial charge in [0, 0.05) is 12.0 Å². The molecular formula is C26H26N2O5. The summed E-state index contributed by atoms with van der Waals surface area (Å²) in [4.78, 5) is 36.7. The highest BCUT2D eigenvalue weighted by molar-refractivity contribution is 5.96. The lowest BCUT2D eigenvalue weighted by Gasteiger charge is -2.17. The number of rotatable bonds is 10. The smallest absolute Gasteiger partial charge is 0.328 e. The summed E-state index contributed by atoms with van der Waals surface area (Å²) in [6.45, 7) is 0.157. The summed E-state index contributed by atoms with van der Waals surface area (Å²) in [6.07, 6.45) is 0.216. The van der Waals surface area contributed by atoms with Crippen molar-refractivity contribution in [1.82, 2.24) is 10.6 Å². The molecule has 3 aromatic carbocycles. The van der Waals surface area contributed by atoms with Crippen LogP contribution in [0.5, 0.6) is 5.75 Å². The van der Waals surface area contributed by atoms with E-state index in [1.807, 2.05) is 54.6 Å². The third-order valence-electron chi connectivity index (χ3n) is 4.85. The lowest BCUT2D eigenvalue weighted by molar-refractivity contribution is -0.144. The first-order chi connectivity index (χ1) is 16.0. The number of ether oxygens (including phenoxy) is 2. The second-order valence-corrected chi connectivity index (χ2v) is 7.32. The molecule has 0 saturated carbocycles. The molecule has 0 unspecified atom stereocenters. The van der Waals surface area contributed by atoms with Crippen LogP contribution in [0.1, 0.15) is 21.5 Å².